The standard InChI is InChI=1S/C19H12F6N6O2S/c20-18(21,22)15-28-29-16(19(23,24)25)31(15)12-6-8-13(9-7-12)34(32,33)30-17-26-10-14(27-17)11-4-2-1-3-5-11/h1-10H,(H2,26,27,30). The number of H-pyrrole nitrogens is 1. The highest BCUT2D eigenvalue weighted by Gasteiger charge is 2.45. The van der Waals surface area contributed by atoms with Crippen LogP contribution < -0.4 is 4.72 Å². The third-order valence-corrected chi connectivity index (χ3v) is 5.82. The Morgan fingerprint density at radius 1 is 0.824 bits per heavy atom. The number of anilines is 1. The highest BCUT2D eigenvalue weighted by molar-refractivity contribution is 7.92. The minimum Gasteiger partial charge on any atom is -0.323 e. The van der Waals surface area contributed by atoms with Crippen molar-refractivity contribution in [2.75, 3.05) is 4.72 Å². The van der Waals surface area contributed by atoms with E-state index in [9.17, 15) is 34.8 Å². The van der Waals surface area contributed by atoms with Crippen LogP contribution in [0.25, 0.3) is 16.9 Å². The van der Waals surface area contributed by atoms with E-state index in [1.54, 1.807) is 30.3 Å². The van der Waals surface area contributed by atoms with Crippen molar-refractivity contribution in [3.05, 3.63) is 72.4 Å². The summed E-state index contributed by atoms with van der Waals surface area (Å²) in [5.41, 5.74) is 0.619. The van der Waals surface area contributed by atoms with E-state index in [-0.39, 0.29) is 10.5 Å². The Bertz CT molecular complexity index is 1380. The van der Waals surface area contributed by atoms with Crippen LogP contribution in [0.15, 0.2) is 65.7 Å². The van der Waals surface area contributed by atoms with Gasteiger partial charge in [-0.05, 0) is 29.8 Å². The summed E-state index contributed by atoms with van der Waals surface area (Å²) in [4.78, 5) is 6.26. The van der Waals surface area contributed by atoms with Gasteiger partial charge >= 0.3 is 12.4 Å². The van der Waals surface area contributed by atoms with Crippen LogP contribution in [0, 0.1) is 0 Å². The fourth-order valence-electron chi connectivity index (χ4n) is 2.99. The Morgan fingerprint density at radius 3 is 1.91 bits per heavy atom. The molecule has 0 amide bonds. The van der Waals surface area contributed by atoms with E-state index < -0.39 is 44.6 Å². The topological polar surface area (TPSA) is 106 Å². The van der Waals surface area contributed by atoms with Gasteiger partial charge < -0.3 is 4.98 Å². The molecule has 8 nitrogen and oxygen atoms in total. The summed E-state index contributed by atoms with van der Waals surface area (Å²) >= 11 is 0. The summed E-state index contributed by atoms with van der Waals surface area (Å²) in [6, 6.07) is 12.1. The Balaban J connectivity index is 1.64. The largest absolute Gasteiger partial charge is 0.452 e. The monoisotopic (exact) mass is 502 g/mol. The first-order chi connectivity index (χ1) is 15.9. The molecule has 0 aliphatic heterocycles. The fraction of sp³-hybridized carbons (Fsp3) is 0.105. The number of alkyl halides is 6. The van der Waals surface area contributed by atoms with Crippen LogP contribution in [0.2, 0.25) is 0 Å². The van der Waals surface area contributed by atoms with Gasteiger partial charge in [0, 0.05) is 5.69 Å². The Morgan fingerprint density at radius 2 is 1.38 bits per heavy atom. The SMILES string of the molecule is O=S(=O)(Nc1ncc(-c2ccccc2)[nH]1)c1ccc(-n2c(C(F)(F)F)nnc2C(F)(F)F)cc1. The average molecular weight is 502 g/mol. The lowest BCUT2D eigenvalue weighted by molar-refractivity contribution is -0.153. The van der Waals surface area contributed by atoms with Gasteiger partial charge in [0.2, 0.25) is 17.6 Å². The van der Waals surface area contributed by atoms with Crippen LogP contribution in [0.4, 0.5) is 32.3 Å². The second-order valence-electron chi connectivity index (χ2n) is 6.79. The molecule has 0 unspecified atom stereocenters. The zero-order chi connectivity index (χ0) is 24.7. The molecule has 4 rings (SSSR count). The molecule has 4 aromatic rings. The summed E-state index contributed by atoms with van der Waals surface area (Å²) in [6.07, 6.45) is -9.09. The van der Waals surface area contributed by atoms with Crippen LogP contribution in [-0.4, -0.2) is 33.2 Å². The van der Waals surface area contributed by atoms with E-state index in [1.165, 1.54) is 6.20 Å². The summed E-state index contributed by atoms with van der Waals surface area (Å²) in [5, 5.41) is 5.22. The lowest BCUT2D eigenvalue weighted by Crippen LogP contribution is -2.19. The van der Waals surface area contributed by atoms with Gasteiger partial charge in [0.1, 0.15) is 0 Å². The number of hydrogen-bond donors (Lipinski definition) is 2. The summed E-state index contributed by atoms with van der Waals surface area (Å²) in [5.74, 6) is -3.95. The first-order valence-corrected chi connectivity index (χ1v) is 10.7. The first kappa shape index (κ1) is 23.3. The first-order valence-electron chi connectivity index (χ1n) is 9.20. The maximum atomic E-state index is 13.2. The van der Waals surface area contributed by atoms with E-state index in [1.807, 2.05) is 0 Å². The minimum absolute atomic E-state index is 0.138. The van der Waals surface area contributed by atoms with Crippen LogP contribution >= 0.6 is 0 Å². The Kier molecular flexibility index (Phi) is 5.59. The zero-order valence-corrected chi connectivity index (χ0v) is 17.4. The molecular formula is C19H12F6N6O2S. The fourth-order valence-corrected chi connectivity index (χ4v) is 3.96. The third-order valence-electron chi connectivity index (χ3n) is 4.47. The second kappa shape index (κ2) is 8.16. The van der Waals surface area contributed by atoms with E-state index in [4.69, 9.17) is 0 Å². The van der Waals surface area contributed by atoms with E-state index in [0.717, 1.165) is 29.8 Å². The van der Waals surface area contributed by atoms with Crippen LogP contribution in [-0.2, 0) is 22.4 Å². The number of rotatable bonds is 5. The minimum atomic E-state index is -5.24. The van der Waals surface area contributed by atoms with Crippen molar-refractivity contribution in [1.82, 2.24) is 24.7 Å². The Hall–Kier alpha value is -3.88. The van der Waals surface area contributed by atoms with Gasteiger partial charge in [-0.2, -0.15) is 26.3 Å². The van der Waals surface area contributed by atoms with Gasteiger partial charge in [-0.25, -0.2) is 18.1 Å². The van der Waals surface area contributed by atoms with Crippen LogP contribution in [0.1, 0.15) is 11.6 Å². The summed E-state index contributed by atoms with van der Waals surface area (Å²) in [7, 11) is -4.27. The number of sulfonamides is 1. The normalized spacial score (nSPS) is 12.6. The predicted octanol–water partition coefficient (Wildman–Crippen LogP) is 4.50. The van der Waals surface area contributed by atoms with Crippen LogP contribution in [0.3, 0.4) is 0 Å². The maximum Gasteiger partial charge on any atom is 0.452 e. The number of aromatic amines is 1. The van der Waals surface area contributed by atoms with Crippen molar-refractivity contribution in [3.63, 3.8) is 0 Å². The van der Waals surface area contributed by atoms with Crippen molar-refractivity contribution in [2.24, 2.45) is 0 Å². The molecule has 2 heterocycles. The van der Waals surface area contributed by atoms with Crippen molar-refractivity contribution in [3.8, 4) is 16.9 Å². The second-order valence-corrected chi connectivity index (χ2v) is 8.47. The van der Waals surface area contributed by atoms with Gasteiger partial charge in [-0.15, -0.1) is 10.2 Å². The molecule has 0 bridgehead atoms. The lowest BCUT2D eigenvalue weighted by atomic mass is 10.2. The van der Waals surface area contributed by atoms with E-state index in [2.05, 4.69) is 24.9 Å². The number of nitrogens with zero attached hydrogens (tertiary/aromatic N) is 4. The smallest absolute Gasteiger partial charge is 0.323 e. The maximum absolute atomic E-state index is 13.2. The summed E-state index contributed by atoms with van der Waals surface area (Å²) in [6.45, 7) is 0. The number of hydrogen-bond acceptors (Lipinski definition) is 5. The molecule has 0 spiro atoms. The predicted molar refractivity (Wildman–Crippen MR) is 106 cm³/mol. The number of benzene rings is 2. The van der Waals surface area contributed by atoms with E-state index >= 15 is 0 Å². The van der Waals surface area contributed by atoms with Gasteiger partial charge in [-0.1, -0.05) is 30.3 Å². The van der Waals surface area contributed by atoms with Crippen molar-refractivity contribution in [1.29, 1.82) is 0 Å². The molecule has 0 aliphatic rings. The highest BCUT2D eigenvalue weighted by Crippen LogP contribution is 2.36. The van der Waals surface area contributed by atoms with Gasteiger partial charge in [0.05, 0.1) is 16.8 Å². The number of nitrogens with one attached hydrogen (secondary N) is 2. The molecule has 0 saturated heterocycles. The van der Waals surface area contributed by atoms with E-state index in [0.29, 0.717) is 5.69 Å². The molecule has 34 heavy (non-hydrogen) atoms. The van der Waals surface area contributed by atoms with Gasteiger partial charge in [-0.3, -0.25) is 4.57 Å². The lowest BCUT2D eigenvalue weighted by Gasteiger charge is -2.14. The number of imidazole rings is 1. The van der Waals surface area contributed by atoms with Crippen molar-refractivity contribution in [2.45, 2.75) is 17.2 Å². The summed E-state index contributed by atoms with van der Waals surface area (Å²) < 4.78 is 106. The molecule has 0 fully saturated rings. The zero-order valence-electron chi connectivity index (χ0n) is 16.6. The average Bonchev–Trinajstić information content (AvgIpc) is 3.41. The molecule has 178 valence electrons. The highest BCUT2D eigenvalue weighted by atomic mass is 32.2. The van der Waals surface area contributed by atoms with Gasteiger partial charge in [0.15, 0.2) is 0 Å². The molecule has 15 heteroatoms. The quantitative estimate of drug-likeness (QED) is 0.391. The van der Waals surface area contributed by atoms with Crippen LogP contribution in [0.5, 0.6) is 0 Å². The molecule has 2 aromatic carbocycles. The molecular weight excluding hydrogens is 490 g/mol. The molecule has 0 aliphatic carbocycles. The van der Waals surface area contributed by atoms with Crippen molar-refractivity contribution < 1.29 is 34.8 Å². The molecule has 2 aromatic heterocycles. The number of halogens is 6. The molecule has 0 atom stereocenters. The third kappa shape index (κ3) is 4.59. The molecule has 2 N–H and O–H groups in total. The molecule has 0 radical (unpaired) electrons. The van der Waals surface area contributed by atoms with Crippen molar-refractivity contribution >= 4 is 16.0 Å². The Labute approximate surface area is 187 Å². The molecule has 0 saturated carbocycles. The number of aromatic nitrogens is 5. The van der Waals surface area contributed by atoms with Gasteiger partial charge in [0.25, 0.3) is 10.0 Å².